The highest BCUT2D eigenvalue weighted by Crippen LogP contribution is 2.26. The first-order chi connectivity index (χ1) is 7.56. The Hall–Kier alpha value is -1.09. The highest BCUT2D eigenvalue weighted by molar-refractivity contribution is 5.30. The SMILES string of the molecule is COc1cccnc1C(C)C(C)NC(C)C. The molecule has 0 spiro atoms. The van der Waals surface area contributed by atoms with Crippen LogP contribution in [0.25, 0.3) is 0 Å². The van der Waals surface area contributed by atoms with Gasteiger partial charge in [-0.1, -0.05) is 20.8 Å². The molecule has 16 heavy (non-hydrogen) atoms. The molecule has 0 amide bonds. The van der Waals surface area contributed by atoms with Crippen LogP contribution in [0.4, 0.5) is 0 Å². The fourth-order valence-electron chi connectivity index (χ4n) is 1.82. The van der Waals surface area contributed by atoms with E-state index in [0.717, 1.165) is 11.4 Å². The van der Waals surface area contributed by atoms with Crippen LogP contribution in [-0.4, -0.2) is 24.2 Å². The molecule has 1 aromatic heterocycles. The van der Waals surface area contributed by atoms with Crippen molar-refractivity contribution < 1.29 is 4.74 Å². The number of pyridine rings is 1. The number of ether oxygens (including phenoxy) is 1. The van der Waals surface area contributed by atoms with Gasteiger partial charge in [0.15, 0.2) is 0 Å². The fraction of sp³-hybridized carbons (Fsp3) is 0.615. The van der Waals surface area contributed by atoms with Crippen molar-refractivity contribution in [2.24, 2.45) is 0 Å². The maximum Gasteiger partial charge on any atom is 0.140 e. The minimum absolute atomic E-state index is 0.332. The average Bonchev–Trinajstić information content (AvgIpc) is 2.27. The van der Waals surface area contributed by atoms with Crippen molar-refractivity contribution in [3.05, 3.63) is 24.0 Å². The van der Waals surface area contributed by atoms with E-state index >= 15 is 0 Å². The molecule has 2 unspecified atom stereocenters. The summed E-state index contributed by atoms with van der Waals surface area (Å²) < 4.78 is 5.33. The Morgan fingerprint density at radius 3 is 2.50 bits per heavy atom. The van der Waals surface area contributed by atoms with Gasteiger partial charge in [0.05, 0.1) is 12.8 Å². The first kappa shape index (κ1) is 13.0. The van der Waals surface area contributed by atoms with E-state index in [1.165, 1.54) is 0 Å². The minimum atomic E-state index is 0.332. The molecule has 0 fully saturated rings. The fourth-order valence-corrected chi connectivity index (χ4v) is 1.82. The molecule has 1 rings (SSSR count). The molecular weight excluding hydrogens is 200 g/mol. The normalized spacial score (nSPS) is 14.9. The van der Waals surface area contributed by atoms with E-state index < -0.39 is 0 Å². The lowest BCUT2D eigenvalue weighted by molar-refractivity contribution is 0.384. The molecule has 1 N–H and O–H groups in total. The Kier molecular flexibility index (Phi) is 4.74. The third kappa shape index (κ3) is 3.20. The molecule has 3 nitrogen and oxygen atoms in total. The molecule has 3 heteroatoms. The summed E-state index contributed by atoms with van der Waals surface area (Å²) in [4.78, 5) is 4.41. The summed E-state index contributed by atoms with van der Waals surface area (Å²) in [5.74, 6) is 1.20. The Morgan fingerprint density at radius 2 is 1.94 bits per heavy atom. The van der Waals surface area contributed by atoms with Gasteiger partial charge in [-0.05, 0) is 19.1 Å². The average molecular weight is 222 g/mol. The van der Waals surface area contributed by atoms with Crippen molar-refractivity contribution in [1.29, 1.82) is 0 Å². The van der Waals surface area contributed by atoms with E-state index in [-0.39, 0.29) is 0 Å². The summed E-state index contributed by atoms with van der Waals surface area (Å²) >= 11 is 0. The zero-order valence-electron chi connectivity index (χ0n) is 10.8. The summed E-state index contributed by atoms with van der Waals surface area (Å²) in [5.41, 5.74) is 1.02. The molecule has 0 aliphatic rings. The van der Waals surface area contributed by atoms with Gasteiger partial charge in [0.25, 0.3) is 0 Å². The molecule has 90 valence electrons. The van der Waals surface area contributed by atoms with Gasteiger partial charge in [0, 0.05) is 24.2 Å². The number of hydrogen-bond donors (Lipinski definition) is 1. The van der Waals surface area contributed by atoms with E-state index in [2.05, 4.69) is 38.0 Å². The smallest absolute Gasteiger partial charge is 0.140 e. The lowest BCUT2D eigenvalue weighted by atomic mass is 9.98. The standard InChI is InChI=1S/C13H22N2O/c1-9(2)15-11(4)10(3)13-12(16-5)7-6-8-14-13/h6-11,15H,1-5H3. The summed E-state index contributed by atoms with van der Waals surface area (Å²) in [6.07, 6.45) is 1.82. The lowest BCUT2D eigenvalue weighted by Crippen LogP contribution is -2.36. The van der Waals surface area contributed by atoms with Crippen molar-refractivity contribution in [3.8, 4) is 5.75 Å². The van der Waals surface area contributed by atoms with Crippen molar-refractivity contribution in [3.63, 3.8) is 0 Å². The van der Waals surface area contributed by atoms with Gasteiger partial charge in [-0.3, -0.25) is 4.98 Å². The number of nitrogens with zero attached hydrogens (tertiary/aromatic N) is 1. The summed E-state index contributed by atoms with van der Waals surface area (Å²) in [6.45, 7) is 8.65. The van der Waals surface area contributed by atoms with Crippen LogP contribution in [-0.2, 0) is 0 Å². The maximum absolute atomic E-state index is 5.33. The topological polar surface area (TPSA) is 34.1 Å². The van der Waals surface area contributed by atoms with E-state index in [1.807, 2.05) is 18.3 Å². The molecule has 1 heterocycles. The molecule has 0 saturated heterocycles. The third-order valence-corrected chi connectivity index (χ3v) is 2.80. The monoisotopic (exact) mass is 222 g/mol. The Morgan fingerprint density at radius 1 is 1.25 bits per heavy atom. The summed E-state index contributed by atoms with van der Waals surface area (Å²) in [7, 11) is 1.69. The van der Waals surface area contributed by atoms with Crippen LogP contribution in [0, 0.1) is 0 Å². The summed E-state index contributed by atoms with van der Waals surface area (Å²) in [6, 6.07) is 4.72. The quantitative estimate of drug-likeness (QED) is 0.831. The largest absolute Gasteiger partial charge is 0.495 e. The van der Waals surface area contributed by atoms with E-state index in [0.29, 0.717) is 18.0 Å². The molecule has 0 aliphatic heterocycles. The van der Waals surface area contributed by atoms with Gasteiger partial charge in [-0.2, -0.15) is 0 Å². The molecule has 0 saturated carbocycles. The van der Waals surface area contributed by atoms with Gasteiger partial charge in [0.1, 0.15) is 5.75 Å². The van der Waals surface area contributed by atoms with Gasteiger partial charge in [0.2, 0.25) is 0 Å². The second-order valence-corrected chi connectivity index (χ2v) is 4.49. The van der Waals surface area contributed by atoms with Crippen LogP contribution in [0.2, 0.25) is 0 Å². The molecule has 0 aliphatic carbocycles. The van der Waals surface area contributed by atoms with Gasteiger partial charge in [-0.15, -0.1) is 0 Å². The van der Waals surface area contributed by atoms with Crippen LogP contribution >= 0.6 is 0 Å². The van der Waals surface area contributed by atoms with Crippen LogP contribution in [0.1, 0.15) is 39.3 Å². The molecule has 1 aromatic rings. The number of aromatic nitrogens is 1. The Bertz CT molecular complexity index is 325. The predicted molar refractivity (Wildman–Crippen MR) is 66.9 cm³/mol. The number of nitrogens with one attached hydrogen (secondary N) is 1. The molecule has 0 bridgehead atoms. The zero-order chi connectivity index (χ0) is 12.1. The van der Waals surface area contributed by atoms with Crippen molar-refractivity contribution in [2.75, 3.05) is 7.11 Å². The van der Waals surface area contributed by atoms with Crippen LogP contribution in [0.3, 0.4) is 0 Å². The van der Waals surface area contributed by atoms with E-state index in [4.69, 9.17) is 4.74 Å². The van der Waals surface area contributed by atoms with Crippen molar-refractivity contribution in [1.82, 2.24) is 10.3 Å². The van der Waals surface area contributed by atoms with Crippen molar-refractivity contribution >= 4 is 0 Å². The molecule has 2 atom stereocenters. The van der Waals surface area contributed by atoms with Gasteiger partial charge >= 0.3 is 0 Å². The van der Waals surface area contributed by atoms with Crippen molar-refractivity contribution in [2.45, 2.75) is 45.7 Å². The third-order valence-electron chi connectivity index (χ3n) is 2.80. The van der Waals surface area contributed by atoms with Gasteiger partial charge in [-0.25, -0.2) is 0 Å². The molecule has 0 radical (unpaired) electrons. The number of hydrogen-bond acceptors (Lipinski definition) is 3. The maximum atomic E-state index is 5.33. The number of methoxy groups -OCH3 is 1. The zero-order valence-corrected chi connectivity index (χ0v) is 10.8. The number of rotatable bonds is 5. The Labute approximate surface area is 98.2 Å². The Balaban J connectivity index is 2.82. The minimum Gasteiger partial charge on any atom is -0.495 e. The second kappa shape index (κ2) is 5.85. The molecule has 0 aromatic carbocycles. The molecular formula is C13H22N2O. The summed E-state index contributed by atoms with van der Waals surface area (Å²) in [5, 5.41) is 3.50. The first-order valence-corrected chi connectivity index (χ1v) is 5.81. The van der Waals surface area contributed by atoms with Crippen LogP contribution in [0.15, 0.2) is 18.3 Å². The van der Waals surface area contributed by atoms with E-state index in [1.54, 1.807) is 7.11 Å². The highest BCUT2D eigenvalue weighted by Gasteiger charge is 2.19. The van der Waals surface area contributed by atoms with Crippen LogP contribution in [0.5, 0.6) is 5.75 Å². The predicted octanol–water partition coefficient (Wildman–Crippen LogP) is 2.58. The first-order valence-electron chi connectivity index (χ1n) is 5.81. The van der Waals surface area contributed by atoms with E-state index in [9.17, 15) is 0 Å². The second-order valence-electron chi connectivity index (χ2n) is 4.49. The lowest BCUT2D eigenvalue weighted by Gasteiger charge is -2.24. The highest BCUT2D eigenvalue weighted by atomic mass is 16.5. The van der Waals surface area contributed by atoms with Crippen LogP contribution < -0.4 is 10.1 Å². The van der Waals surface area contributed by atoms with Gasteiger partial charge < -0.3 is 10.1 Å².